The average molecular weight is 305 g/mol. The minimum absolute atomic E-state index is 0.120. The summed E-state index contributed by atoms with van der Waals surface area (Å²) in [7, 11) is 5.54. The Balaban J connectivity index is 1.95. The van der Waals surface area contributed by atoms with Crippen LogP contribution in [0.2, 0.25) is 0 Å². The van der Waals surface area contributed by atoms with E-state index >= 15 is 0 Å². The van der Waals surface area contributed by atoms with Crippen LogP contribution < -0.4 is 10.6 Å². The number of carbonyl (C=O) groups is 1. The van der Waals surface area contributed by atoms with Crippen molar-refractivity contribution in [1.29, 1.82) is 0 Å². The van der Waals surface area contributed by atoms with Crippen LogP contribution in [0.25, 0.3) is 0 Å². The fourth-order valence-corrected chi connectivity index (χ4v) is 2.14. The van der Waals surface area contributed by atoms with E-state index in [9.17, 15) is 9.18 Å². The minimum Gasteiger partial charge on any atom is -0.336 e. The number of aryl methyl sites for hydroxylation is 1. The summed E-state index contributed by atoms with van der Waals surface area (Å²) in [4.78, 5) is 13.8. The smallest absolute Gasteiger partial charge is 0.320 e. The summed E-state index contributed by atoms with van der Waals surface area (Å²) in [5, 5.41) is 9.49. The van der Waals surface area contributed by atoms with E-state index < -0.39 is 0 Å². The number of benzene rings is 1. The number of hydrogen-bond donors (Lipinski definition) is 2. The van der Waals surface area contributed by atoms with Gasteiger partial charge in [0, 0.05) is 25.9 Å². The molecule has 0 saturated carbocycles. The van der Waals surface area contributed by atoms with E-state index in [2.05, 4.69) is 15.7 Å². The van der Waals surface area contributed by atoms with Crippen molar-refractivity contribution in [2.24, 2.45) is 7.05 Å². The standard InChI is InChI=1S/C15H20FN5O/c1-20(2)13(11-5-4-6-12(16)9-11)10-17-15(22)18-14-7-8-21(3)19-14/h4-9,13H,10H2,1-3H3,(H2,17,18,19,22)/t13-/m1/s1. The van der Waals surface area contributed by atoms with Crippen molar-refractivity contribution in [3.8, 4) is 0 Å². The average Bonchev–Trinajstić information content (AvgIpc) is 2.84. The lowest BCUT2D eigenvalue weighted by Crippen LogP contribution is -2.37. The van der Waals surface area contributed by atoms with Gasteiger partial charge in [0.05, 0.1) is 6.04 Å². The van der Waals surface area contributed by atoms with E-state index in [0.717, 1.165) is 5.56 Å². The molecule has 0 unspecified atom stereocenters. The maximum absolute atomic E-state index is 13.4. The molecule has 1 heterocycles. The second kappa shape index (κ2) is 7.04. The number of aromatic nitrogens is 2. The summed E-state index contributed by atoms with van der Waals surface area (Å²) in [6, 6.07) is 7.61. The van der Waals surface area contributed by atoms with Gasteiger partial charge in [-0.2, -0.15) is 5.10 Å². The number of nitrogens with zero attached hydrogens (tertiary/aromatic N) is 3. The molecule has 2 aromatic rings. The number of rotatable bonds is 5. The molecule has 2 rings (SSSR count). The molecule has 0 fully saturated rings. The zero-order valence-corrected chi connectivity index (χ0v) is 12.9. The number of halogens is 1. The van der Waals surface area contributed by atoms with Gasteiger partial charge >= 0.3 is 6.03 Å². The van der Waals surface area contributed by atoms with Gasteiger partial charge in [-0.15, -0.1) is 0 Å². The second-order valence-electron chi connectivity index (χ2n) is 5.24. The molecule has 0 aliphatic heterocycles. The Labute approximate surface area is 128 Å². The van der Waals surface area contributed by atoms with E-state index in [1.54, 1.807) is 30.1 Å². The third kappa shape index (κ3) is 4.29. The second-order valence-corrected chi connectivity index (χ2v) is 5.24. The van der Waals surface area contributed by atoms with Crippen molar-refractivity contribution in [1.82, 2.24) is 20.0 Å². The fourth-order valence-electron chi connectivity index (χ4n) is 2.14. The lowest BCUT2D eigenvalue weighted by atomic mass is 10.1. The Morgan fingerprint density at radius 1 is 1.41 bits per heavy atom. The molecular weight excluding hydrogens is 285 g/mol. The highest BCUT2D eigenvalue weighted by Crippen LogP contribution is 2.18. The number of nitrogens with one attached hydrogen (secondary N) is 2. The Kier molecular flexibility index (Phi) is 5.11. The van der Waals surface area contributed by atoms with Crippen LogP contribution in [0.3, 0.4) is 0 Å². The quantitative estimate of drug-likeness (QED) is 0.888. The number of carbonyl (C=O) groups excluding carboxylic acids is 1. The lowest BCUT2D eigenvalue weighted by Gasteiger charge is -2.25. The first kappa shape index (κ1) is 16.0. The van der Waals surface area contributed by atoms with Crippen LogP contribution in [-0.4, -0.2) is 41.4 Å². The topological polar surface area (TPSA) is 62.2 Å². The van der Waals surface area contributed by atoms with Gasteiger partial charge in [0.15, 0.2) is 5.82 Å². The molecule has 0 radical (unpaired) electrons. The Morgan fingerprint density at radius 3 is 2.77 bits per heavy atom. The number of urea groups is 1. The summed E-state index contributed by atoms with van der Waals surface area (Å²) in [6.07, 6.45) is 1.74. The first-order valence-electron chi connectivity index (χ1n) is 6.92. The molecule has 1 atom stereocenters. The first-order valence-corrected chi connectivity index (χ1v) is 6.92. The maximum Gasteiger partial charge on any atom is 0.320 e. The molecule has 2 amide bonds. The van der Waals surface area contributed by atoms with E-state index in [1.165, 1.54) is 12.1 Å². The van der Waals surface area contributed by atoms with Crippen LogP contribution >= 0.6 is 0 Å². The van der Waals surface area contributed by atoms with Gasteiger partial charge in [-0.05, 0) is 31.8 Å². The van der Waals surface area contributed by atoms with Crippen molar-refractivity contribution >= 4 is 11.8 Å². The molecule has 2 N–H and O–H groups in total. The fraction of sp³-hybridized carbons (Fsp3) is 0.333. The molecule has 0 spiro atoms. The van der Waals surface area contributed by atoms with Crippen molar-refractivity contribution in [3.63, 3.8) is 0 Å². The molecule has 22 heavy (non-hydrogen) atoms. The molecule has 0 saturated heterocycles. The molecule has 0 aliphatic carbocycles. The van der Waals surface area contributed by atoms with E-state index in [-0.39, 0.29) is 17.9 Å². The number of likely N-dealkylation sites (N-methyl/N-ethyl adjacent to an activating group) is 1. The molecular formula is C15H20FN5O. The highest BCUT2D eigenvalue weighted by molar-refractivity contribution is 5.88. The zero-order valence-electron chi connectivity index (χ0n) is 12.9. The van der Waals surface area contributed by atoms with E-state index in [1.807, 2.05) is 25.1 Å². The molecule has 0 aliphatic rings. The minimum atomic E-state index is -0.345. The predicted molar refractivity (Wildman–Crippen MR) is 83.1 cm³/mol. The van der Waals surface area contributed by atoms with Gasteiger partial charge in [-0.1, -0.05) is 12.1 Å². The van der Waals surface area contributed by atoms with Crippen molar-refractivity contribution in [2.75, 3.05) is 26.0 Å². The molecule has 6 nitrogen and oxygen atoms in total. The van der Waals surface area contributed by atoms with Gasteiger partial charge in [-0.3, -0.25) is 10.00 Å². The number of anilines is 1. The molecule has 1 aromatic heterocycles. The molecule has 7 heteroatoms. The summed E-state index contributed by atoms with van der Waals surface area (Å²) < 4.78 is 15.0. The van der Waals surface area contributed by atoms with Gasteiger partial charge in [-0.25, -0.2) is 9.18 Å². The van der Waals surface area contributed by atoms with Crippen LogP contribution in [-0.2, 0) is 7.05 Å². The maximum atomic E-state index is 13.4. The third-order valence-corrected chi connectivity index (χ3v) is 3.27. The monoisotopic (exact) mass is 305 g/mol. The summed E-state index contributed by atoms with van der Waals surface area (Å²) in [5.74, 6) is 0.189. The first-order chi connectivity index (χ1) is 10.5. The Hall–Kier alpha value is -2.41. The van der Waals surface area contributed by atoms with Crippen molar-refractivity contribution < 1.29 is 9.18 Å². The van der Waals surface area contributed by atoms with Gasteiger partial charge in [0.1, 0.15) is 5.82 Å². The normalized spacial score (nSPS) is 12.2. The predicted octanol–water partition coefficient (Wildman–Crippen LogP) is 1.98. The highest BCUT2D eigenvalue weighted by Gasteiger charge is 2.16. The van der Waals surface area contributed by atoms with Crippen molar-refractivity contribution in [2.45, 2.75) is 6.04 Å². The number of hydrogen-bond acceptors (Lipinski definition) is 3. The summed E-state index contributed by atoms with van der Waals surface area (Å²) in [6.45, 7) is 0.356. The van der Waals surface area contributed by atoms with Crippen LogP contribution in [0.15, 0.2) is 36.5 Å². The van der Waals surface area contributed by atoms with Crippen LogP contribution in [0.1, 0.15) is 11.6 Å². The van der Waals surface area contributed by atoms with E-state index in [4.69, 9.17) is 0 Å². The van der Waals surface area contributed by atoms with Crippen molar-refractivity contribution in [3.05, 3.63) is 47.9 Å². The summed E-state index contributed by atoms with van der Waals surface area (Å²) >= 11 is 0. The Bertz CT molecular complexity index is 640. The zero-order chi connectivity index (χ0) is 16.1. The highest BCUT2D eigenvalue weighted by atomic mass is 19.1. The molecule has 118 valence electrons. The molecule has 1 aromatic carbocycles. The SMILES string of the molecule is CN(C)[C@H](CNC(=O)Nc1ccn(C)n1)c1cccc(F)c1. The Morgan fingerprint density at radius 2 is 2.18 bits per heavy atom. The lowest BCUT2D eigenvalue weighted by molar-refractivity contribution is 0.243. The molecule has 0 bridgehead atoms. The van der Waals surface area contributed by atoms with Crippen LogP contribution in [0.5, 0.6) is 0 Å². The van der Waals surface area contributed by atoms with Gasteiger partial charge < -0.3 is 10.2 Å². The van der Waals surface area contributed by atoms with Gasteiger partial charge in [0.2, 0.25) is 0 Å². The largest absolute Gasteiger partial charge is 0.336 e. The number of amides is 2. The third-order valence-electron chi connectivity index (χ3n) is 3.27. The van der Waals surface area contributed by atoms with Crippen LogP contribution in [0.4, 0.5) is 15.0 Å². The van der Waals surface area contributed by atoms with Crippen LogP contribution in [0, 0.1) is 5.82 Å². The summed E-state index contributed by atoms with van der Waals surface area (Å²) in [5.41, 5.74) is 0.808. The van der Waals surface area contributed by atoms with Gasteiger partial charge in [0.25, 0.3) is 0 Å². The van der Waals surface area contributed by atoms with E-state index in [0.29, 0.717) is 12.4 Å².